The van der Waals surface area contributed by atoms with Crippen molar-refractivity contribution >= 4 is 27.5 Å². The lowest BCUT2D eigenvalue weighted by atomic mass is 9.95. The van der Waals surface area contributed by atoms with Gasteiger partial charge < -0.3 is 20.1 Å². The van der Waals surface area contributed by atoms with Crippen LogP contribution in [0.2, 0.25) is 0 Å². The van der Waals surface area contributed by atoms with Gasteiger partial charge in [-0.2, -0.15) is 9.97 Å². The van der Waals surface area contributed by atoms with Gasteiger partial charge in [0.05, 0.1) is 16.5 Å². The normalized spacial score (nSPS) is 26.4. The van der Waals surface area contributed by atoms with Crippen molar-refractivity contribution in [2.75, 3.05) is 37.7 Å². The smallest absolute Gasteiger partial charge is 0.319 e. The molecule has 8 rings (SSSR count). The lowest BCUT2D eigenvalue weighted by Gasteiger charge is -2.34. The number of pyridine rings is 1. The first kappa shape index (κ1) is 27.4. The lowest BCUT2D eigenvalue weighted by molar-refractivity contribution is 0.107. The number of rotatable bonds is 5. The Hall–Kier alpha value is -4.14. The Morgan fingerprint density at radius 3 is 2.75 bits per heavy atom. The summed E-state index contributed by atoms with van der Waals surface area (Å²) in [6.45, 7) is 2.79. The summed E-state index contributed by atoms with van der Waals surface area (Å²) in [5, 5.41) is 15.2. The Bertz CT molecular complexity index is 1850. The molecule has 3 unspecified atom stereocenters. The molecule has 0 aliphatic carbocycles. The Labute approximate surface area is 252 Å². The van der Waals surface area contributed by atoms with Gasteiger partial charge in [0.2, 0.25) is 0 Å². The van der Waals surface area contributed by atoms with Gasteiger partial charge in [0.15, 0.2) is 5.82 Å². The SMILES string of the molecule is C#Cc1c(F)ccc2cc(O)cc(-c3ncc4c(N5CC6CCC(C5)N6)nc(OC[C@@]56CCCN5CC(F)C6)nc4c3F)c12. The molecular formula is C33H31F3N6O2. The zero-order chi connectivity index (χ0) is 30.2. The number of phenolic OH excluding ortho intramolecular Hbond substituents is 1. The van der Waals surface area contributed by atoms with E-state index in [2.05, 4.69) is 31.0 Å². The van der Waals surface area contributed by atoms with Crippen LogP contribution in [-0.4, -0.2) is 81.5 Å². The maximum atomic E-state index is 16.7. The van der Waals surface area contributed by atoms with Gasteiger partial charge in [-0.05, 0) is 55.8 Å². The Morgan fingerprint density at radius 2 is 1.95 bits per heavy atom. The molecule has 44 heavy (non-hydrogen) atoms. The van der Waals surface area contributed by atoms with Crippen molar-refractivity contribution < 1.29 is 23.0 Å². The van der Waals surface area contributed by atoms with Crippen LogP contribution in [-0.2, 0) is 0 Å². The highest BCUT2D eigenvalue weighted by Gasteiger charge is 2.49. The molecule has 2 N–H and O–H groups in total. The number of hydrogen-bond donors (Lipinski definition) is 2. The number of anilines is 1. The van der Waals surface area contributed by atoms with Crippen molar-refractivity contribution in [1.29, 1.82) is 0 Å². The fourth-order valence-electron chi connectivity index (χ4n) is 7.89. The van der Waals surface area contributed by atoms with Gasteiger partial charge in [0.25, 0.3) is 0 Å². The Morgan fingerprint density at radius 1 is 1.14 bits per heavy atom. The van der Waals surface area contributed by atoms with Crippen LogP contribution < -0.4 is 15.0 Å². The summed E-state index contributed by atoms with van der Waals surface area (Å²) < 4.78 is 52.2. The van der Waals surface area contributed by atoms with Gasteiger partial charge >= 0.3 is 6.01 Å². The summed E-state index contributed by atoms with van der Waals surface area (Å²) in [6, 6.07) is 6.07. The van der Waals surface area contributed by atoms with Gasteiger partial charge in [0.1, 0.15) is 41.4 Å². The van der Waals surface area contributed by atoms with E-state index in [0.29, 0.717) is 54.7 Å². The molecule has 0 spiro atoms. The molecule has 2 aromatic heterocycles. The molecule has 4 saturated heterocycles. The molecule has 4 aliphatic rings. The first-order valence-corrected chi connectivity index (χ1v) is 15.1. The number of terminal acetylenes is 1. The van der Waals surface area contributed by atoms with Crippen molar-refractivity contribution in [3.05, 3.63) is 47.7 Å². The zero-order valence-electron chi connectivity index (χ0n) is 24.0. The number of fused-ring (bicyclic) bond motifs is 5. The van der Waals surface area contributed by atoms with Crippen molar-refractivity contribution in [1.82, 2.24) is 25.2 Å². The standard InChI is InChI=1S/C33H31F3N6O2/c1-2-23-26(35)7-4-18-10-22(43)11-24(27(18)23)29-28(36)30-25(13-37-29)31(41-15-20-5-6-21(16-41)38-20)40-32(39-30)44-17-33-8-3-9-42(33)14-19(34)12-33/h1,4,7,10-11,13,19-21,38,43H,3,5-6,8-9,12,14-17H2/t19?,20?,21?,33-/m0/s1. The fraction of sp³-hybridized carbons (Fsp3) is 0.424. The molecule has 226 valence electrons. The van der Waals surface area contributed by atoms with E-state index in [1.807, 2.05) is 0 Å². The van der Waals surface area contributed by atoms with E-state index < -0.39 is 23.3 Å². The molecular weight excluding hydrogens is 569 g/mol. The van der Waals surface area contributed by atoms with Crippen LogP contribution in [0.15, 0.2) is 30.5 Å². The predicted octanol–water partition coefficient (Wildman–Crippen LogP) is 4.71. The van der Waals surface area contributed by atoms with Gasteiger partial charge in [-0.3, -0.25) is 9.88 Å². The minimum atomic E-state index is -0.913. The number of alkyl halides is 1. The quantitative estimate of drug-likeness (QED) is 0.319. The van der Waals surface area contributed by atoms with Crippen LogP contribution in [0.3, 0.4) is 0 Å². The first-order chi connectivity index (χ1) is 21.3. The second-order valence-corrected chi connectivity index (χ2v) is 12.6. The third-order valence-electron chi connectivity index (χ3n) is 9.84. The molecule has 4 aliphatic heterocycles. The monoisotopic (exact) mass is 600 g/mol. The third-order valence-corrected chi connectivity index (χ3v) is 9.84. The van der Waals surface area contributed by atoms with Crippen LogP contribution in [0, 0.1) is 24.0 Å². The number of aromatic nitrogens is 3. The number of nitrogens with zero attached hydrogens (tertiary/aromatic N) is 5. The van der Waals surface area contributed by atoms with E-state index in [9.17, 15) is 13.9 Å². The van der Waals surface area contributed by atoms with Crippen molar-refractivity contribution in [2.45, 2.75) is 55.9 Å². The maximum Gasteiger partial charge on any atom is 0.319 e. The minimum Gasteiger partial charge on any atom is -0.508 e. The third kappa shape index (κ3) is 4.34. The highest BCUT2D eigenvalue weighted by molar-refractivity contribution is 6.03. The number of hydrogen-bond acceptors (Lipinski definition) is 8. The fourth-order valence-corrected chi connectivity index (χ4v) is 7.89. The summed E-state index contributed by atoms with van der Waals surface area (Å²) in [4.78, 5) is 18.1. The molecule has 2 aromatic carbocycles. The second kappa shape index (κ2) is 10.2. The molecule has 8 nitrogen and oxygen atoms in total. The van der Waals surface area contributed by atoms with Crippen molar-refractivity contribution in [3.63, 3.8) is 0 Å². The summed E-state index contributed by atoms with van der Waals surface area (Å²) in [6.07, 6.45) is 10.5. The molecule has 6 heterocycles. The van der Waals surface area contributed by atoms with E-state index >= 15 is 4.39 Å². The summed E-state index contributed by atoms with van der Waals surface area (Å²) in [5.74, 6) is 1.35. The number of aromatic hydroxyl groups is 1. The predicted molar refractivity (Wildman–Crippen MR) is 160 cm³/mol. The molecule has 2 bridgehead atoms. The largest absolute Gasteiger partial charge is 0.508 e. The summed E-state index contributed by atoms with van der Waals surface area (Å²) >= 11 is 0. The molecule has 4 atom stereocenters. The van der Waals surface area contributed by atoms with Crippen molar-refractivity contribution in [2.24, 2.45) is 0 Å². The van der Waals surface area contributed by atoms with E-state index in [-0.39, 0.29) is 46.1 Å². The molecule has 11 heteroatoms. The second-order valence-electron chi connectivity index (χ2n) is 12.6. The number of halogens is 3. The number of nitrogens with one attached hydrogen (secondary N) is 1. The number of ether oxygens (including phenoxy) is 1. The Balaban J connectivity index is 1.28. The van der Waals surface area contributed by atoms with Gasteiger partial charge in [-0.15, -0.1) is 6.42 Å². The Kier molecular flexibility index (Phi) is 6.36. The maximum absolute atomic E-state index is 16.7. The average molecular weight is 601 g/mol. The van der Waals surface area contributed by atoms with Gasteiger partial charge in [0, 0.05) is 55.3 Å². The van der Waals surface area contributed by atoms with Crippen LogP contribution in [0.4, 0.5) is 19.0 Å². The highest BCUT2D eigenvalue weighted by atomic mass is 19.1. The average Bonchev–Trinajstić information content (AvgIpc) is 3.66. The van der Waals surface area contributed by atoms with Gasteiger partial charge in [-0.25, -0.2) is 13.2 Å². The topological polar surface area (TPSA) is 86.6 Å². The van der Waals surface area contributed by atoms with Gasteiger partial charge in [-0.1, -0.05) is 12.0 Å². The van der Waals surface area contributed by atoms with E-state index in [1.54, 1.807) is 0 Å². The van der Waals surface area contributed by atoms with Crippen LogP contribution in [0.1, 0.15) is 37.7 Å². The van der Waals surface area contributed by atoms with Crippen LogP contribution >= 0.6 is 0 Å². The summed E-state index contributed by atoms with van der Waals surface area (Å²) in [7, 11) is 0. The molecule has 4 aromatic rings. The highest BCUT2D eigenvalue weighted by Crippen LogP contribution is 2.42. The molecule has 0 saturated carbocycles. The molecule has 0 radical (unpaired) electrons. The van der Waals surface area contributed by atoms with E-state index in [0.717, 1.165) is 32.2 Å². The van der Waals surface area contributed by atoms with Crippen molar-refractivity contribution in [3.8, 4) is 35.4 Å². The minimum absolute atomic E-state index is 0.00778. The lowest BCUT2D eigenvalue weighted by Crippen LogP contribution is -2.51. The summed E-state index contributed by atoms with van der Waals surface area (Å²) in [5.41, 5.74) is -0.468. The number of piperazine rings is 1. The first-order valence-electron chi connectivity index (χ1n) is 15.1. The van der Waals surface area contributed by atoms with Crippen LogP contribution in [0.5, 0.6) is 11.8 Å². The number of phenols is 1. The van der Waals surface area contributed by atoms with Crippen LogP contribution in [0.25, 0.3) is 32.9 Å². The van der Waals surface area contributed by atoms with E-state index in [1.165, 1.54) is 30.5 Å². The van der Waals surface area contributed by atoms with E-state index in [4.69, 9.17) is 16.1 Å². The molecule has 0 amide bonds. The molecule has 4 fully saturated rings. The number of benzene rings is 2. The zero-order valence-corrected chi connectivity index (χ0v) is 24.0.